The van der Waals surface area contributed by atoms with Gasteiger partial charge in [0, 0.05) is 0 Å². The number of hydrogen-bond donors (Lipinski definition) is 1. The van der Waals surface area contributed by atoms with Crippen molar-refractivity contribution < 1.29 is 5.11 Å². The largest absolute Gasteiger partial charge is 0.393 e. The maximum atomic E-state index is 10.1. The molecule has 0 bridgehead atoms. The SMILES string of the molecule is C=C1CCC(O)C/C1=C\C=C1/CCCC2(C)C1CCC2C(CCC=C(C)C)CCCC(C)C. The molecule has 3 aliphatic carbocycles. The summed E-state index contributed by atoms with van der Waals surface area (Å²) in [5.74, 6) is 3.33. The van der Waals surface area contributed by atoms with Gasteiger partial charge in [0.05, 0.1) is 6.10 Å². The number of fused-ring (bicyclic) bond motifs is 1. The molecular formula is C32H52O. The van der Waals surface area contributed by atoms with Crippen LogP contribution in [0.25, 0.3) is 0 Å². The van der Waals surface area contributed by atoms with Crippen LogP contribution < -0.4 is 0 Å². The summed E-state index contributed by atoms with van der Waals surface area (Å²) in [6, 6.07) is 0. The Morgan fingerprint density at radius 2 is 1.88 bits per heavy atom. The van der Waals surface area contributed by atoms with Crippen LogP contribution >= 0.6 is 0 Å². The first-order valence-electron chi connectivity index (χ1n) is 14.1. The molecule has 0 radical (unpaired) electrons. The predicted molar refractivity (Wildman–Crippen MR) is 144 cm³/mol. The highest BCUT2D eigenvalue weighted by Gasteiger charge is 2.51. The second kappa shape index (κ2) is 12.1. The molecule has 0 aromatic carbocycles. The monoisotopic (exact) mass is 452 g/mol. The van der Waals surface area contributed by atoms with Crippen molar-refractivity contribution in [2.45, 2.75) is 124 Å². The van der Waals surface area contributed by atoms with Crippen LogP contribution in [0, 0.1) is 29.1 Å². The lowest BCUT2D eigenvalue weighted by molar-refractivity contribution is 0.0824. The molecule has 1 nitrogen and oxygen atoms in total. The summed E-state index contributed by atoms with van der Waals surface area (Å²) in [6.07, 6.45) is 23.3. The average Bonchev–Trinajstić information content (AvgIpc) is 3.10. The third-order valence-electron chi connectivity index (χ3n) is 9.24. The molecule has 1 heteroatoms. The second-order valence-corrected chi connectivity index (χ2v) is 12.5. The third kappa shape index (κ3) is 6.97. The predicted octanol–water partition coefficient (Wildman–Crippen LogP) is 9.35. The summed E-state index contributed by atoms with van der Waals surface area (Å²) in [4.78, 5) is 0. The van der Waals surface area contributed by atoms with Crippen molar-refractivity contribution in [2.75, 3.05) is 0 Å². The summed E-state index contributed by atoms with van der Waals surface area (Å²) in [6.45, 7) is 16.2. The molecule has 33 heavy (non-hydrogen) atoms. The van der Waals surface area contributed by atoms with E-state index in [0.717, 1.165) is 42.9 Å². The molecule has 0 aromatic rings. The van der Waals surface area contributed by atoms with Gasteiger partial charge in [-0.05, 0) is 113 Å². The van der Waals surface area contributed by atoms with Crippen LogP contribution in [-0.4, -0.2) is 11.2 Å². The van der Waals surface area contributed by atoms with Crippen molar-refractivity contribution >= 4 is 0 Å². The summed E-state index contributed by atoms with van der Waals surface area (Å²) in [7, 11) is 0. The van der Waals surface area contributed by atoms with E-state index >= 15 is 0 Å². The van der Waals surface area contributed by atoms with Crippen LogP contribution in [0.15, 0.2) is 47.1 Å². The summed E-state index contributed by atoms with van der Waals surface area (Å²) in [5.41, 5.74) is 6.16. The van der Waals surface area contributed by atoms with Crippen molar-refractivity contribution in [3.05, 3.63) is 47.1 Å². The van der Waals surface area contributed by atoms with Gasteiger partial charge in [0.25, 0.3) is 0 Å². The van der Waals surface area contributed by atoms with Gasteiger partial charge in [-0.25, -0.2) is 0 Å². The Balaban J connectivity index is 1.76. The van der Waals surface area contributed by atoms with Gasteiger partial charge in [0.2, 0.25) is 0 Å². The number of aliphatic hydroxyl groups excluding tert-OH is 1. The smallest absolute Gasteiger partial charge is 0.0583 e. The highest BCUT2D eigenvalue weighted by Crippen LogP contribution is 2.60. The quantitative estimate of drug-likeness (QED) is 0.345. The van der Waals surface area contributed by atoms with Gasteiger partial charge in [-0.2, -0.15) is 0 Å². The van der Waals surface area contributed by atoms with Gasteiger partial charge in [0.15, 0.2) is 0 Å². The molecular weight excluding hydrogens is 400 g/mol. The van der Waals surface area contributed by atoms with E-state index in [-0.39, 0.29) is 6.10 Å². The molecule has 0 saturated heterocycles. The van der Waals surface area contributed by atoms with Crippen LogP contribution in [-0.2, 0) is 0 Å². The Hall–Kier alpha value is -1.08. The van der Waals surface area contributed by atoms with E-state index < -0.39 is 0 Å². The molecule has 3 saturated carbocycles. The van der Waals surface area contributed by atoms with E-state index in [1.807, 2.05) is 0 Å². The van der Waals surface area contributed by atoms with E-state index in [4.69, 9.17) is 0 Å². The Morgan fingerprint density at radius 3 is 2.61 bits per heavy atom. The lowest BCUT2D eigenvalue weighted by atomic mass is 9.60. The zero-order valence-corrected chi connectivity index (χ0v) is 22.5. The minimum absolute atomic E-state index is 0.181. The molecule has 1 N–H and O–H groups in total. The fourth-order valence-corrected chi connectivity index (χ4v) is 7.37. The molecule has 3 aliphatic rings. The number of allylic oxidation sites excluding steroid dienone is 6. The Kier molecular flexibility index (Phi) is 9.69. The lowest BCUT2D eigenvalue weighted by Gasteiger charge is -2.45. The molecule has 3 rings (SSSR count). The average molecular weight is 453 g/mol. The maximum Gasteiger partial charge on any atom is 0.0583 e. The van der Waals surface area contributed by atoms with Crippen LogP contribution in [0.2, 0.25) is 0 Å². The topological polar surface area (TPSA) is 20.2 Å². The second-order valence-electron chi connectivity index (χ2n) is 12.5. The molecule has 0 spiro atoms. The van der Waals surface area contributed by atoms with Gasteiger partial charge in [-0.3, -0.25) is 0 Å². The minimum Gasteiger partial charge on any atom is -0.393 e. The first kappa shape index (κ1) is 26.5. The standard InChI is InChI=1S/C32H52O/c1-23(2)10-7-12-26(13-8-11-24(3)4)30-19-20-31-27(14-9-21-32(30,31)6)16-17-28-22-29(33)18-15-25(28)5/h10,16-17,24,26,29-31,33H,5,7-9,11-15,18-22H2,1-4,6H3/b27-16+,28-17+. The van der Waals surface area contributed by atoms with Crippen molar-refractivity contribution in [1.29, 1.82) is 0 Å². The van der Waals surface area contributed by atoms with Gasteiger partial charge in [0.1, 0.15) is 0 Å². The Morgan fingerprint density at radius 1 is 1.09 bits per heavy atom. The normalized spacial score (nSPS) is 33.5. The molecule has 0 aliphatic heterocycles. The zero-order valence-electron chi connectivity index (χ0n) is 22.5. The van der Waals surface area contributed by atoms with Crippen LogP contribution in [0.3, 0.4) is 0 Å². The zero-order chi connectivity index (χ0) is 24.0. The minimum atomic E-state index is -0.181. The van der Waals surface area contributed by atoms with Crippen molar-refractivity contribution in [3.8, 4) is 0 Å². The molecule has 0 amide bonds. The Bertz CT molecular complexity index is 746. The first-order chi connectivity index (χ1) is 15.7. The van der Waals surface area contributed by atoms with E-state index in [1.165, 1.54) is 80.9 Å². The summed E-state index contributed by atoms with van der Waals surface area (Å²) < 4.78 is 0. The van der Waals surface area contributed by atoms with E-state index in [1.54, 1.807) is 5.57 Å². The molecule has 0 heterocycles. The van der Waals surface area contributed by atoms with Gasteiger partial charge >= 0.3 is 0 Å². The van der Waals surface area contributed by atoms with E-state index in [2.05, 4.69) is 59.4 Å². The molecule has 3 fully saturated rings. The van der Waals surface area contributed by atoms with Crippen LogP contribution in [0.1, 0.15) is 118 Å². The molecule has 186 valence electrons. The summed E-state index contributed by atoms with van der Waals surface area (Å²) >= 11 is 0. The number of aliphatic hydroxyl groups is 1. The van der Waals surface area contributed by atoms with Crippen LogP contribution in [0.5, 0.6) is 0 Å². The molecule has 0 aromatic heterocycles. The van der Waals surface area contributed by atoms with Gasteiger partial charge in [-0.1, -0.05) is 81.6 Å². The van der Waals surface area contributed by atoms with Crippen LogP contribution in [0.4, 0.5) is 0 Å². The van der Waals surface area contributed by atoms with Crippen molar-refractivity contribution in [1.82, 2.24) is 0 Å². The third-order valence-corrected chi connectivity index (χ3v) is 9.24. The highest BCUT2D eigenvalue weighted by atomic mass is 16.3. The molecule has 5 unspecified atom stereocenters. The van der Waals surface area contributed by atoms with Crippen molar-refractivity contribution in [2.24, 2.45) is 29.1 Å². The van der Waals surface area contributed by atoms with Gasteiger partial charge < -0.3 is 5.11 Å². The molecule has 5 atom stereocenters. The fourth-order valence-electron chi connectivity index (χ4n) is 7.37. The highest BCUT2D eigenvalue weighted by molar-refractivity contribution is 5.36. The first-order valence-corrected chi connectivity index (χ1v) is 14.1. The summed E-state index contributed by atoms with van der Waals surface area (Å²) in [5, 5.41) is 10.1. The van der Waals surface area contributed by atoms with Gasteiger partial charge in [-0.15, -0.1) is 0 Å². The van der Waals surface area contributed by atoms with Crippen molar-refractivity contribution in [3.63, 3.8) is 0 Å². The number of hydrogen-bond acceptors (Lipinski definition) is 1. The van der Waals surface area contributed by atoms with E-state index in [0.29, 0.717) is 5.41 Å². The number of rotatable bonds is 9. The lowest BCUT2D eigenvalue weighted by Crippen LogP contribution is -2.36. The van der Waals surface area contributed by atoms with E-state index in [9.17, 15) is 5.11 Å². The Labute approximate surface area is 205 Å². The fraction of sp³-hybridized carbons (Fsp3) is 0.750. The maximum absolute atomic E-state index is 10.1.